The van der Waals surface area contributed by atoms with Crippen molar-refractivity contribution in [3.63, 3.8) is 0 Å². The van der Waals surface area contributed by atoms with Crippen molar-refractivity contribution >= 4 is 11.6 Å². The fourth-order valence-corrected chi connectivity index (χ4v) is 1.86. The molecule has 0 saturated heterocycles. The van der Waals surface area contributed by atoms with E-state index >= 15 is 0 Å². The van der Waals surface area contributed by atoms with E-state index in [0.29, 0.717) is 11.1 Å². The van der Waals surface area contributed by atoms with Gasteiger partial charge in [0.25, 0.3) is 0 Å². The average Bonchev–Trinajstić information content (AvgIpc) is 2.33. The highest BCUT2D eigenvalue weighted by Crippen LogP contribution is 2.30. The zero-order chi connectivity index (χ0) is 12.4. The molecule has 0 atom stereocenters. The lowest BCUT2D eigenvalue weighted by molar-refractivity contribution is 0.628. The minimum absolute atomic E-state index is 0.164. The highest BCUT2D eigenvalue weighted by atomic mass is 35.5. The topological polar surface area (TPSA) is 36.7 Å². The molecule has 0 fully saturated rings. The molecule has 1 aromatic heterocycles. The third-order valence-electron chi connectivity index (χ3n) is 2.47. The molecule has 4 heteroatoms. The van der Waals surface area contributed by atoms with Crippen molar-refractivity contribution in [3.8, 4) is 17.2 Å². The minimum atomic E-state index is -0.315. The molecule has 0 bridgehead atoms. The molecule has 17 heavy (non-hydrogen) atoms. The molecule has 0 aliphatic rings. The fourth-order valence-electron chi connectivity index (χ4n) is 1.67. The van der Waals surface area contributed by atoms with Crippen molar-refractivity contribution in [2.75, 3.05) is 0 Å². The Morgan fingerprint density at radius 3 is 2.53 bits per heavy atom. The molecule has 84 valence electrons. The third-order valence-corrected chi connectivity index (χ3v) is 2.75. The Bertz CT molecular complexity index is 600. The summed E-state index contributed by atoms with van der Waals surface area (Å²) in [7, 11) is 0. The number of halogens is 2. The van der Waals surface area contributed by atoms with Crippen LogP contribution in [0, 0.1) is 24.1 Å². The number of hydrogen-bond donors (Lipinski definition) is 0. The van der Waals surface area contributed by atoms with Gasteiger partial charge < -0.3 is 0 Å². The standard InChI is InChI=1S/C13H8ClFN2/c1-8-7-17-13(14)11(6-16)12(8)9-2-4-10(15)5-3-9/h2-5,7H,1H3. The first-order valence-electron chi connectivity index (χ1n) is 4.94. The maximum Gasteiger partial charge on any atom is 0.147 e. The summed E-state index contributed by atoms with van der Waals surface area (Å²) in [6.45, 7) is 1.84. The van der Waals surface area contributed by atoms with Gasteiger partial charge >= 0.3 is 0 Å². The number of pyridine rings is 1. The van der Waals surface area contributed by atoms with E-state index in [4.69, 9.17) is 16.9 Å². The second-order valence-corrected chi connectivity index (χ2v) is 3.96. The van der Waals surface area contributed by atoms with Crippen LogP contribution in [0.1, 0.15) is 11.1 Å². The van der Waals surface area contributed by atoms with Gasteiger partial charge in [-0.05, 0) is 30.2 Å². The smallest absolute Gasteiger partial charge is 0.147 e. The van der Waals surface area contributed by atoms with Gasteiger partial charge in [0, 0.05) is 11.8 Å². The highest BCUT2D eigenvalue weighted by molar-refractivity contribution is 6.31. The number of rotatable bonds is 1. The van der Waals surface area contributed by atoms with Gasteiger partial charge in [-0.2, -0.15) is 5.26 Å². The normalized spacial score (nSPS) is 10.0. The largest absolute Gasteiger partial charge is 0.243 e. The van der Waals surface area contributed by atoms with Gasteiger partial charge in [-0.15, -0.1) is 0 Å². The zero-order valence-corrected chi connectivity index (χ0v) is 9.79. The molecule has 2 nitrogen and oxygen atoms in total. The first-order chi connectivity index (χ1) is 8.13. The first-order valence-corrected chi connectivity index (χ1v) is 5.32. The molecular weight excluding hydrogens is 239 g/mol. The fraction of sp³-hybridized carbons (Fsp3) is 0.0769. The monoisotopic (exact) mass is 246 g/mol. The molecule has 0 unspecified atom stereocenters. The molecule has 2 aromatic rings. The number of aromatic nitrogens is 1. The van der Waals surface area contributed by atoms with Gasteiger partial charge in [0.1, 0.15) is 17.0 Å². The molecular formula is C13H8ClFN2. The number of nitrogens with zero attached hydrogens (tertiary/aromatic N) is 2. The summed E-state index contributed by atoms with van der Waals surface area (Å²) in [5, 5.41) is 9.26. The maximum absolute atomic E-state index is 12.9. The van der Waals surface area contributed by atoms with E-state index in [9.17, 15) is 4.39 Å². The molecule has 1 aromatic carbocycles. The van der Waals surface area contributed by atoms with E-state index in [1.807, 2.05) is 13.0 Å². The summed E-state index contributed by atoms with van der Waals surface area (Å²) < 4.78 is 12.9. The third kappa shape index (κ3) is 2.13. The molecule has 0 spiro atoms. The minimum Gasteiger partial charge on any atom is -0.243 e. The Morgan fingerprint density at radius 1 is 1.29 bits per heavy atom. The summed E-state index contributed by atoms with van der Waals surface area (Å²) >= 11 is 5.87. The van der Waals surface area contributed by atoms with E-state index in [0.717, 1.165) is 11.1 Å². The van der Waals surface area contributed by atoms with E-state index in [1.165, 1.54) is 12.1 Å². The molecule has 0 amide bonds. The van der Waals surface area contributed by atoms with Crippen molar-refractivity contribution in [1.82, 2.24) is 4.98 Å². The van der Waals surface area contributed by atoms with Gasteiger partial charge in [0.15, 0.2) is 0 Å². The van der Waals surface area contributed by atoms with Gasteiger partial charge in [-0.3, -0.25) is 0 Å². The first kappa shape index (κ1) is 11.6. The van der Waals surface area contributed by atoms with E-state index < -0.39 is 0 Å². The quantitative estimate of drug-likeness (QED) is 0.719. The summed E-state index contributed by atoms with van der Waals surface area (Å²) in [5.41, 5.74) is 2.60. The number of hydrogen-bond acceptors (Lipinski definition) is 2. The summed E-state index contributed by atoms with van der Waals surface area (Å²) in [6, 6.07) is 7.97. The van der Waals surface area contributed by atoms with Gasteiger partial charge in [-0.25, -0.2) is 9.37 Å². The van der Waals surface area contributed by atoms with Crippen molar-refractivity contribution in [2.45, 2.75) is 6.92 Å². The van der Waals surface area contributed by atoms with Crippen LogP contribution in [0.3, 0.4) is 0 Å². The highest BCUT2D eigenvalue weighted by Gasteiger charge is 2.12. The number of benzene rings is 1. The van der Waals surface area contributed by atoms with Crippen LogP contribution in [-0.2, 0) is 0 Å². The molecule has 0 aliphatic heterocycles. The Morgan fingerprint density at radius 2 is 1.94 bits per heavy atom. The Labute approximate surface area is 103 Å². The maximum atomic E-state index is 12.9. The molecule has 0 saturated carbocycles. The number of aryl methyl sites for hydroxylation is 1. The average molecular weight is 247 g/mol. The van der Waals surface area contributed by atoms with Crippen LogP contribution in [0.25, 0.3) is 11.1 Å². The molecule has 1 heterocycles. The van der Waals surface area contributed by atoms with Crippen LogP contribution in [-0.4, -0.2) is 4.98 Å². The predicted octanol–water partition coefficient (Wildman–Crippen LogP) is 3.72. The van der Waals surface area contributed by atoms with Crippen molar-refractivity contribution in [2.24, 2.45) is 0 Å². The van der Waals surface area contributed by atoms with E-state index in [2.05, 4.69) is 4.98 Å². The van der Waals surface area contributed by atoms with Crippen molar-refractivity contribution < 1.29 is 4.39 Å². The molecule has 0 aliphatic carbocycles. The molecule has 0 N–H and O–H groups in total. The summed E-state index contributed by atoms with van der Waals surface area (Å²) in [6.07, 6.45) is 1.60. The lowest BCUT2D eigenvalue weighted by Crippen LogP contribution is -1.93. The molecule has 2 rings (SSSR count). The Kier molecular flexibility index (Phi) is 3.08. The SMILES string of the molecule is Cc1cnc(Cl)c(C#N)c1-c1ccc(F)cc1. The van der Waals surface area contributed by atoms with Crippen LogP contribution >= 0.6 is 11.6 Å². The van der Waals surface area contributed by atoms with E-state index in [-0.39, 0.29) is 11.0 Å². The van der Waals surface area contributed by atoms with E-state index in [1.54, 1.807) is 18.3 Å². The van der Waals surface area contributed by atoms with Gasteiger partial charge in [0.2, 0.25) is 0 Å². The lowest BCUT2D eigenvalue weighted by Gasteiger charge is -2.08. The van der Waals surface area contributed by atoms with Crippen molar-refractivity contribution in [3.05, 3.63) is 52.6 Å². The van der Waals surface area contributed by atoms with Gasteiger partial charge in [-0.1, -0.05) is 23.7 Å². The number of nitriles is 1. The Hall–Kier alpha value is -1.92. The van der Waals surface area contributed by atoms with Crippen LogP contribution in [0.4, 0.5) is 4.39 Å². The summed E-state index contributed by atoms with van der Waals surface area (Å²) in [4.78, 5) is 3.92. The van der Waals surface area contributed by atoms with Crippen LogP contribution < -0.4 is 0 Å². The van der Waals surface area contributed by atoms with Crippen LogP contribution in [0.2, 0.25) is 5.15 Å². The zero-order valence-electron chi connectivity index (χ0n) is 9.04. The summed E-state index contributed by atoms with van der Waals surface area (Å²) in [5.74, 6) is -0.315. The Balaban J connectivity index is 2.71. The molecule has 0 radical (unpaired) electrons. The van der Waals surface area contributed by atoms with Crippen LogP contribution in [0.15, 0.2) is 30.5 Å². The second kappa shape index (κ2) is 4.52. The van der Waals surface area contributed by atoms with Crippen molar-refractivity contribution in [1.29, 1.82) is 5.26 Å². The lowest BCUT2D eigenvalue weighted by atomic mass is 9.98. The second-order valence-electron chi connectivity index (χ2n) is 3.60. The van der Waals surface area contributed by atoms with Gasteiger partial charge in [0.05, 0.1) is 5.56 Å². The predicted molar refractivity (Wildman–Crippen MR) is 64.1 cm³/mol. The van der Waals surface area contributed by atoms with Crippen LogP contribution in [0.5, 0.6) is 0 Å².